The quantitative estimate of drug-likeness (QED) is 0.781. The van der Waals surface area contributed by atoms with Crippen LogP contribution in [0.25, 0.3) is 0 Å². The molecule has 0 spiro atoms. The first-order valence-electron chi connectivity index (χ1n) is 6.03. The molecule has 1 aromatic rings. The van der Waals surface area contributed by atoms with Gasteiger partial charge in [-0.1, -0.05) is 24.9 Å². The molecule has 100 valence electrons. The minimum absolute atomic E-state index is 0.108. The van der Waals surface area contributed by atoms with Gasteiger partial charge in [0.2, 0.25) is 5.91 Å². The van der Waals surface area contributed by atoms with Gasteiger partial charge in [0.1, 0.15) is 11.9 Å². The summed E-state index contributed by atoms with van der Waals surface area (Å²) in [5.74, 6) is -0.535. The van der Waals surface area contributed by atoms with Crippen molar-refractivity contribution in [2.45, 2.75) is 32.7 Å². The molecule has 1 atom stereocenters. The van der Waals surface area contributed by atoms with Gasteiger partial charge in [-0.05, 0) is 31.5 Å². The van der Waals surface area contributed by atoms with Gasteiger partial charge >= 0.3 is 0 Å². The number of rotatable bonds is 6. The van der Waals surface area contributed by atoms with Crippen molar-refractivity contribution in [3.05, 3.63) is 29.0 Å². The third-order valence-electron chi connectivity index (χ3n) is 2.47. The molecule has 18 heavy (non-hydrogen) atoms. The molecule has 5 heteroatoms. The van der Waals surface area contributed by atoms with Crippen LogP contribution in [0.2, 0.25) is 5.02 Å². The van der Waals surface area contributed by atoms with E-state index in [1.54, 1.807) is 13.0 Å². The van der Waals surface area contributed by atoms with E-state index in [1.165, 1.54) is 12.1 Å². The molecule has 0 fully saturated rings. The maximum atomic E-state index is 13.1. The Morgan fingerprint density at radius 3 is 2.78 bits per heavy atom. The van der Waals surface area contributed by atoms with E-state index < -0.39 is 11.9 Å². The van der Waals surface area contributed by atoms with Gasteiger partial charge < -0.3 is 10.6 Å². The smallest absolute Gasteiger partial charge is 0.242 e. The molecule has 0 saturated heterocycles. The number of carbonyl (C=O) groups excluding carboxylic acids is 1. The highest BCUT2D eigenvalue weighted by Crippen LogP contribution is 2.18. The van der Waals surface area contributed by atoms with Gasteiger partial charge in [0, 0.05) is 17.3 Å². The highest BCUT2D eigenvalue weighted by molar-refractivity contribution is 6.30. The Morgan fingerprint density at radius 1 is 1.44 bits per heavy atom. The third kappa shape index (κ3) is 4.92. The van der Waals surface area contributed by atoms with Gasteiger partial charge in [0.05, 0.1) is 0 Å². The molecule has 1 unspecified atom stereocenters. The van der Waals surface area contributed by atoms with Gasteiger partial charge in [0.15, 0.2) is 0 Å². The lowest BCUT2D eigenvalue weighted by molar-refractivity contribution is -0.121. The normalized spacial score (nSPS) is 12.0. The molecule has 3 nitrogen and oxygen atoms in total. The van der Waals surface area contributed by atoms with Crippen LogP contribution in [-0.4, -0.2) is 18.5 Å². The lowest BCUT2D eigenvalue weighted by Gasteiger charge is -2.15. The number of unbranched alkanes of at least 4 members (excludes halogenated alkanes) is 1. The highest BCUT2D eigenvalue weighted by Gasteiger charge is 2.12. The summed E-state index contributed by atoms with van der Waals surface area (Å²) in [5, 5.41) is 6.02. The molecule has 0 aromatic heterocycles. The second kappa shape index (κ2) is 7.21. The minimum Gasteiger partial charge on any atom is -0.374 e. The summed E-state index contributed by atoms with van der Waals surface area (Å²) in [6.07, 6.45) is 1.98. The second-order valence-electron chi connectivity index (χ2n) is 4.17. The van der Waals surface area contributed by atoms with Crippen molar-refractivity contribution in [1.82, 2.24) is 5.32 Å². The Bertz CT molecular complexity index is 392. The molecule has 0 aliphatic carbocycles. The monoisotopic (exact) mass is 272 g/mol. The van der Waals surface area contributed by atoms with E-state index in [2.05, 4.69) is 17.6 Å². The zero-order valence-corrected chi connectivity index (χ0v) is 11.4. The van der Waals surface area contributed by atoms with Crippen LogP contribution in [0.4, 0.5) is 10.1 Å². The van der Waals surface area contributed by atoms with Gasteiger partial charge in [-0.25, -0.2) is 4.39 Å². The SMILES string of the molecule is CCCCNC(=O)C(C)Nc1cc(F)cc(Cl)c1. The maximum Gasteiger partial charge on any atom is 0.242 e. The van der Waals surface area contributed by atoms with Gasteiger partial charge in [-0.2, -0.15) is 0 Å². The first-order valence-corrected chi connectivity index (χ1v) is 6.41. The van der Waals surface area contributed by atoms with E-state index in [4.69, 9.17) is 11.6 Å². The van der Waals surface area contributed by atoms with E-state index in [0.717, 1.165) is 12.8 Å². The number of carbonyl (C=O) groups is 1. The van der Waals surface area contributed by atoms with E-state index >= 15 is 0 Å². The van der Waals surface area contributed by atoms with Gasteiger partial charge in [0.25, 0.3) is 0 Å². The third-order valence-corrected chi connectivity index (χ3v) is 2.69. The average Bonchev–Trinajstić information content (AvgIpc) is 2.27. The number of nitrogens with one attached hydrogen (secondary N) is 2. The van der Waals surface area contributed by atoms with Crippen molar-refractivity contribution in [2.75, 3.05) is 11.9 Å². The van der Waals surface area contributed by atoms with Crippen molar-refractivity contribution in [3.63, 3.8) is 0 Å². The predicted octanol–water partition coefficient (Wildman–Crippen LogP) is 3.20. The maximum absolute atomic E-state index is 13.1. The van der Waals surface area contributed by atoms with Gasteiger partial charge in [-0.15, -0.1) is 0 Å². The fraction of sp³-hybridized carbons (Fsp3) is 0.462. The molecular weight excluding hydrogens is 255 g/mol. The summed E-state index contributed by atoms with van der Waals surface area (Å²) in [7, 11) is 0. The van der Waals surface area contributed by atoms with Crippen molar-refractivity contribution >= 4 is 23.2 Å². The molecule has 0 heterocycles. The minimum atomic E-state index is -0.431. The molecule has 1 aromatic carbocycles. The first kappa shape index (κ1) is 14.8. The molecule has 0 aliphatic rings. The van der Waals surface area contributed by atoms with Crippen LogP contribution in [0.15, 0.2) is 18.2 Å². The van der Waals surface area contributed by atoms with Crippen molar-refractivity contribution in [3.8, 4) is 0 Å². The van der Waals surface area contributed by atoms with E-state index in [-0.39, 0.29) is 5.91 Å². The van der Waals surface area contributed by atoms with E-state index in [1.807, 2.05) is 0 Å². The molecule has 1 amide bonds. The molecule has 2 N–H and O–H groups in total. The van der Waals surface area contributed by atoms with Crippen LogP contribution in [0.1, 0.15) is 26.7 Å². The molecular formula is C13H18ClFN2O. The topological polar surface area (TPSA) is 41.1 Å². The van der Waals surface area contributed by atoms with Crippen molar-refractivity contribution < 1.29 is 9.18 Å². The summed E-state index contributed by atoms with van der Waals surface area (Å²) >= 11 is 5.73. The predicted molar refractivity (Wildman–Crippen MR) is 72.4 cm³/mol. The Kier molecular flexibility index (Phi) is 5.92. The van der Waals surface area contributed by atoms with Crippen LogP contribution >= 0.6 is 11.6 Å². The van der Waals surface area contributed by atoms with E-state index in [9.17, 15) is 9.18 Å². The first-order chi connectivity index (χ1) is 8.52. The summed E-state index contributed by atoms with van der Waals surface area (Å²) in [4.78, 5) is 11.7. The van der Waals surface area contributed by atoms with Crippen molar-refractivity contribution in [1.29, 1.82) is 0 Å². The molecule has 1 rings (SSSR count). The molecule has 0 aliphatic heterocycles. The van der Waals surface area contributed by atoms with Gasteiger partial charge in [-0.3, -0.25) is 4.79 Å². The second-order valence-corrected chi connectivity index (χ2v) is 4.61. The fourth-order valence-corrected chi connectivity index (χ4v) is 1.72. The summed E-state index contributed by atoms with van der Waals surface area (Å²) in [5.41, 5.74) is 0.498. The fourth-order valence-electron chi connectivity index (χ4n) is 1.49. The Balaban J connectivity index is 2.52. The number of benzene rings is 1. The highest BCUT2D eigenvalue weighted by atomic mass is 35.5. The number of anilines is 1. The number of halogens is 2. The number of hydrogen-bond acceptors (Lipinski definition) is 2. The summed E-state index contributed by atoms with van der Waals surface area (Å²) < 4.78 is 13.1. The van der Waals surface area contributed by atoms with Crippen LogP contribution in [0, 0.1) is 5.82 Å². The van der Waals surface area contributed by atoms with Crippen LogP contribution in [-0.2, 0) is 4.79 Å². The molecule has 0 radical (unpaired) electrons. The molecule has 0 bridgehead atoms. The Labute approximate surface area is 112 Å². The summed E-state index contributed by atoms with van der Waals surface area (Å²) in [6, 6.07) is 3.68. The average molecular weight is 273 g/mol. The summed E-state index contributed by atoms with van der Waals surface area (Å²) in [6.45, 7) is 4.44. The Hall–Kier alpha value is -1.29. The van der Waals surface area contributed by atoms with E-state index in [0.29, 0.717) is 17.3 Å². The lowest BCUT2D eigenvalue weighted by atomic mass is 10.2. The van der Waals surface area contributed by atoms with Crippen LogP contribution in [0.3, 0.4) is 0 Å². The largest absolute Gasteiger partial charge is 0.374 e. The number of hydrogen-bond donors (Lipinski definition) is 2. The van der Waals surface area contributed by atoms with Crippen molar-refractivity contribution in [2.24, 2.45) is 0 Å². The standard InChI is InChI=1S/C13H18ClFN2O/c1-3-4-5-16-13(18)9(2)17-12-7-10(14)6-11(15)8-12/h6-9,17H,3-5H2,1-2H3,(H,16,18). The lowest BCUT2D eigenvalue weighted by Crippen LogP contribution is -2.38. The number of amides is 1. The Morgan fingerprint density at radius 2 is 2.17 bits per heavy atom. The van der Waals surface area contributed by atoms with Crippen LogP contribution < -0.4 is 10.6 Å². The van der Waals surface area contributed by atoms with Crippen LogP contribution in [0.5, 0.6) is 0 Å². The zero-order chi connectivity index (χ0) is 13.5. The molecule has 0 saturated carbocycles. The zero-order valence-electron chi connectivity index (χ0n) is 10.6.